The smallest absolute Gasteiger partial charge is 0.417 e. The van der Waals surface area contributed by atoms with Gasteiger partial charge in [-0.3, -0.25) is 0 Å². The van der Waals surface area contributed by atoms with Crippen LogP contribution in [0.3, 0.4) is 0 Å². The van der Waals surface area contributed by atoms with Crippen LogP contribution in [-0.2, 0) is 12.8 Å². The molecule has 22 heavy (non-hydrogen) atoms. The van der Waals surface area contributed by atoms with Crippen molar-refractivity contribution in [1.29, 1.82) is 0 Å². The Morgan fingerprint density at radius 1 is 1.18 bits per heavy atom. The van der Waals surface area contributed by atoms with E-state index in [-0.39, 0.29) is 12.2 Å². The maximum atomic E-state index is 12.9. The molecule has 6 heteroatoms. The monoisotopic (exact) mass is 310 g/mol. The fraction of sp³-hybridized carbons (Fsp3) is 0.188. The maximum absolute atomic E-state index is 12.9. The van der Waals surface area contributed by atoms with Gasteiger partial charge in [-0.05, 0) is 42.3 Å². The fourth-order valence-corrected chi connectivity index (χ4v) is 1.97. The van der Waals surface area contributed by atoms with E-state index in [0.29, 0.717) is 5.75 Å². The highest BCUT2D eigenvalue weighted by Crippen LogP contribution is 2.33. The Balaban J connectivity index is 2.24. The minimum absolute atomic E-state index is 0.0770. The molecule has 116 valence electrons. The highest BCUT2D eigenvalue weighted by molar-refractivity contribution is 5.89. The molecule has 0 heterocycles. The van der Waals surface area contributed by atoms with Crippen LogP contribution in [0.25, 0.3) is 0 Å². The zero-order chi connectivity index (χ0) is 16.3. The van der Waals surface area contributed by atoms with Crippen LogP contribution in [0.1, 0.15) is 27.0 Å². The number of aromatic carboxylic acids is 1. The Kier molecular flexibility index (Phi) is 4.40. The van der Waals surface area contributed by atoms with Crippen molar-refractivity contribution in [2.24, 2.45) is 0 Å². The summed E-state index contributed by atoms with van der Waals surface area (Å²) in [4.78, 5) is 10.9. The van der Waals surface area contributed by atoms with Gasteiger partial charge in [0.2, 0.25) is 0 Å². The van der Waals surface area contributed by atoms with Crippen LogP contribution >= 0.6 is 0 Å². The molecule has 0 amide bonds. The third-order valence-electron chi connectivity index (χ3n) is 3.01. The van der Waals surface area contributed by atoms with Gasteiger partial charge in [-0.1, -0.05) is 18.2 Å². The van der Waals surface area contributed by atoms with E-state index in [0.717, 1.165) is 17.7 Å². The summed E-state index contributed by atoms with van der Waals surface area (Å²) in [5, 5.41) is 8.83. The van der Waals surface area contributed by atoms with Gasteiger partial charge >= 0.3 is 12.1 Å². The molecule has 0 unspecified atom stereocenters. The van der Waals surface area contributed by atoms with Gasteiger partial charge in [-0.2, -0.15) is 13.2 Å². The molecular weight excluding hydrogens is 297 g/mol. The first kappa shape index (κ1) is 15.9. The molecule has 0 spiro atoms. The largest absolute Gasteiger partial charge is 0.489 e. The topological polar surface area (TPSA) is 46.5 Å². The second kappa shape index (κ2) is 6.09. The first-order chi connectivity index (χ1) is 10.3. The SMILES string of the molecule is Cc1cccc(OCc2ccc(C(=O)O)c(C(F)(F)F)c2)c1. The number of rotatable bonds is 4. The van der Waals surface area contributed by atoms with Crippen molar-refractivity contribution in [2.75, 3.05) is 0 Å². The van der Waals surface area contributed by atoms with E-state index < -0.39 is 23.3 Å². The third kappa shape index (κ3) is 3.78. The van der Waals surface area contributed by atoms with Crippen molar-refractivity contribution in [3.05, 3.63) is 64.7 Å². The van der Waals surface area contributed by atoms with Gasteiger partial charge in [0.25, 0.3) is 0 Å². The molecule has 0 saturated carbocycles. The quantitative estimate of drug-likeness (QED) is 0.916. The van der Waals surface area contributed by atoms with Crippen LogP contribution in [0.15, 0.2) is 42.5 Å². The van der Waals surface area contributed by atoms with Gasteiger partial charge in [0.05, 0.1) is 11.1 Å². The molecule has 0 aliphatic heterocycles. The Hall–Kier alpha value is -2.50. The molecule has 2 aromatic carbocycles. The lowest BCUT2D eigenvalue weighted by Crippen LogP contribution is -2.13. The molecule has 2 rings (SSSR count). The van der Waals surface area contributed by atoms with Crippen LogP contribution < -0.4 is 4.74 Å². The summed E-state index contributed by atoms with van der Waals surface area (Å²) < 4.78 is 44.1. The maximum Gasteiger partial charge on any atom is 0.417 e. The van der Waals surface area contributed by atoms with Crippen molar-refractivity contribution >= 4 is 5.97 Å². The second-order valence-electron chi connectivity index (χ2n) is 4.79. The molecule has 0 atom stereocenters. The number of alkyl halides is 3. The molecule has 0 aromatic heterocycles. The van der Waals surface area contributed by atoms with Crippen molar-refractivity contribution < 1.29 is 27.8 Å². The second-order valence-corrected chi connectivity index (χ2v) is 4.79. The lowest BCUT2D eigenvalue weighted by atomic mass is 10.0. The summed E-state index contributed by atoms with van der Waals surface area (Å²) in [7, 11) is 0. The van der Waals surface area contributed by atoms with Crippen LogP contribution in [0.4, 0.5) is 13.2 Å². The van der Waals surface area contributed by atoms with Gasteiger partial charge < -0.3 is 9.84 Å². The van der Waals surface area contributed by atoms with E-state index in [4.69, 9.17) is 9.84 Å². The van der Waals surface area contributed by atoms with E-state index in [1.54, 1.807) is 18.2 Å². The van der Waals surface area contributed by atoms with Crippen molar-refractivity contribution in [2.45, 2.75) is 19.7 Å². The van der Waals surface area contributed by atoms with E-state index in [2.05, 4.69) is 0 Å². The standard InChI is InChI=1S/C16H13F3O3/c1-10-3-2-4-12(7-10)22-9-11-5-6-13(15(20)21)14(8-11)16(17,18)19/h2-8H,9H2,1H3,(H,20,21). The van der Waals surface area contributed by atoms with Crippen LogP contribution in [-0.4, -0.2) is 11.1 Å². The molecular formula is C16H13F3O3. The lowest BCUT2D eigenvalue weighted by molar-refractivity contribution is -0.138. The summed E-state index contributed by atoms with van der Waals surface area (Å²) in [6.45, 7) is 1.79. The number of ether oxygens (including phenoxy) is 1. The highest BCUT2D eigenvalue weighted by Gasteiger charge is 2.35. The average molecular weight is 310 g/mol. The van der Waals surface area contributed by atoms with Crippen molar-refractivity contribution in [1.82, 2.24) is 0 Å². The Morgan fingerprint density at radius 2 is 1.91 bits per heavy atom. The predicted octanol–water partition coefficient (Wildman–Crippen LogP) is 4.29. The highest BCUT2D eigenvalue weighted by atomic mass is 19.4. The molecule has 0 bridgehead atoms. The van der Waals surface area contributed by atoms with E-state index in [9.17, 15) is 18.0 Å². The summed E-state index contributed by atoms with van der Waals surface area (Å²) >= 11 is 0. The van der Waals surface area contributed by atoms with Gasteiger partial charge in [-0.25, -0.2) is 4.79 Å². The number of hydrogen-bond donors (Lipinski definition) is 1. The minimum Gasteiger partial charge on any atom is -0.489 e. The van der Waals surface area contributed by atoms with Crippen LogP contribution in [0, 0.1) is 6.92 Å². The number of benzene rings is 2. The van der Waals surface area contributed by atoms with Crippen molar-refractivity contribution in [3.8, 4) is 5.75 Å². The van der Waals surface area contributed by atoms with E-state index >= 15 is 0 Å². The molecule has 0 aliphatic rings. The molecule has 1 N–H and O–H groups in total. The Morgan fingerprint density at radius 3 is 2.50 bits per heavy atom. The van der Waals surface area contributed by atoms with Gasteiger partial charge in [-0.15, -0.1) is 0 Å². The first-order valence-electron chi connectivity index (χ1n) is 6.40. The van der Waals surface area contributed by atoms with Gasteiger partial charge in [0.1, 0.15) is 12.4 Å². The average Bonchev–Trinajstić information content (AvgIpc) is 2.44. The van der Waals surface area contributed by atoms with Gasteiger partial charge in [0, 0.05) is 0 Å². The number of hydrogen-bond acceptors (Lipinski definition) is 2. The number of halogens is 3. The summed E-state index contributed by atoms with van der Waals surface area (Å²) in [6.07, 6.45) is -4.73. The Bertz CT molecular complexity index is 693. The number of aryl methyl sites for hydroxylation is 1. The molecule has 0 saturated heterocycles. The predicted molar refractivity (Wildman–Crippen MR) is 73.9 cm³/mol. The molecule has 2 aromatic rings. The summed E-state index contributed by atoms with van der Waals surface area (Å²) in [5.74, 6) is -1.07. The fourth-order valence-electron chi connectivity index (χ4n) is 1.97. The zero-order valence-corrected chi connectivity index (χ0v) is 11.6. The van der Waals surface area contributed by atoms with E-state index in [1.807, 2.05) is 13.0 Å². The van der Waals surface area contributed by atoms with Crippen molar-refractivity contribution in [3.63, 3.8) is 0 Å². The molecule has 3 nitrogen and oxygen atoms in total. The molecule has 0 fully saturated rings. The number of carboxylic acids is 1. The van der Waals surface area contributed by atoms with Crippen LogP contribution in [0.2, 0.25) is 0 Å². The summed E-state index contributed by atoms with van der Waals surface area (Å²) in [5.41, 5.74) is -0.731. The minimum atomic E-state index is -4.73. The van der Waals surface area contributed by atoms with Gasteiger partial charge in [0.15, 0.2) is 0 Å². The summed E-state index contributed by atoms with van der Waals surface area (Å²) in [6, 6.07) is 10.2. The Labute approximate surface area is 125 Å². The molecule has 0 aliphatic carbocycles. The third-order valence-corrected chi connectivity index (χ3v) is 3.01. The lowest BCUT2D eigenvalue weighted by Gasteiger charge is -2.13. The normalized spacial score (nSPS) is 11.3. The zero-order valence-electron chi connectivity index (χ0n) is 11.6. The molecule has 0 radical (unpaired) electrons. The number of carbonyl (C=O) groups is 1. The van der Waals surface area contributed by atoms with Crippen LogP contribution in [0.5, 0.6) is 5.75 Å². The van der Waals surface area contributed by atoms with E-state index in [1.165, 1.54) is 6.07 Å². The number of carboxylic acid groups (broad SMARTS) is 1. The first-order valence-corrected chi connectivity index (χ1v) is 6.40.